The normalized spacial score (nSPS) is 11.7. The van der Waals surface area contributed by atoms with E-state index in [9.17, 15) is 0 Å². The van der Waals surface area contributed by atoms with Crippen LogP contribution in [0.2, 0.25) is 0 Å². The molecule has 1 heteroatoms. The third kappa shape index (κ3) is 3.84. The van der Waals surface area contributed by atoms with Gasteiger partial charge in [0, 0.05) is 3.58 Å². The van der Waals surface area contributed by atoms with E-state index >= 15 is 0 Å². The van der Waals surface area contributed by atoms with Crippen LogP contribution in [0.25, 0.3) is 3.58 Å². The molecule has 5 radical (unpaired) electrons. The number of unbranched alkanes of at least 4 members (excludes halogenated alkanes) is 1. The van der Waals surface area contributed by atoms with Gasteiger partial charge in [-0.05, 0) is 96.9 Å². The minimum atomic E-state index is -0.599. The molecule has 0 aliphatic rings. The van der Waals surface area contributed by atoms with Crippen molar-refractivity contribution in [2.24, 2.45) is 0 Å². The molecular weight excluding hydrogens is 331 g/mol. The molecule has 0 unspecified atom stereocenters. The summed E-state index contributed by atoms with van der Waals surface area (Å²) in [4.78, 5) is 0. The quantitative estimate of drug-likeness (QED) is 0.642. The molecule has 18 heavy (non-hydrogen) atoms. The summed E-state index contributed by atoms with van der Waals surface area (Å²) in [7, 11) is 0. The zero-order chi connectivity index (χ0) is 13.9. The van der Waals surface area contributed by atoms with E-state index in [0.29, 0.717) is 0 Å². The number of benzene rings is 1. The predicted molar refractivity (Wildman–Crippen MR) is 90.0 cm³/mol. The van der Waals surface area contributed by atoms with Crippen molar-refractivity contribution in [3.8, 4) is 0 Å². The van der Waals surface area contributed by atoms with Gasteiger partial charge < -0.3 is 0 Å². The van der Waals surface area contributed by atoms with Crippen LogP contribution >= 0.6 is 22.6 Å². The molecular formula is C17H20I. The molecule has 0 heterocycles. The van der Waals surface area contributed by atoms with Crippen LogP contribution in [-0.4, -0.2) is 0 Å². The molecule has 95 valence electrons. The fourth-order valence-corrected chi connectivity index (χ4v) is 2.36. The average Bonchev–Trinajstić information content (AvgIpc) is 2.25. The molecule has 0 aliphatic carbocycles. The number of hydrogen-bond donors (Lipinski definition) is 0. The van der Waals surface area contributed by atoms with E-state index in [-0.39, 0.29) is 0 Å². The Bertz CT molecular complexity index is 436. The highest BCUT2D eigenvalue weighted by Crippen LogP contribution is 2.32. The van der Waals surface area contributed by atoms with Crippen molar-refractivity contribution in [2.75, 3.05) is 0 Å². The van der Waals surface area contributed by atoms with Gasteiger partial charge in [0.25, 0.3) is 0 Å². The van der Waals surface area contributed by atoms with Crippen LogP contribution in [0.5, 0.6) is 0 Å². The maximum Gasteiger partial charge on any atom is 0.0133 e. The molecule has 0 N–H and O–H groups in total. The molecule has 1 aromatic rings. The third-order valence-corrected chi connectivity index (χ3v) is 3.50. The van der Waals surface area contributed by atoms with Gasteiger partial charge in [-0.15, -0.1) is 0 Å². The smallest absolute Gasteiger partial charge is 0.0133 e. The minimum absolute atomic E-state index is 0.599. The molecule has 0 fully saturated rings. The van der Waals surface area contributed by atoms with Crippen LogP contribution < -0.4 is 0 Å². The maximum absolute atomic E-state index is 4.14. The first-order chi connectivity index (χ1) is 8.27. The zero-order valence-electron chi connectivity index (χ0n) is 10.9. The van der Waals surface area contributed by atoms with Crippen LogP contribution in [0.4, 0.5) is 0 Å². The van der Waals surface area contributed by atoms with Crippen molar-refractivity contribution in [3.05, 3.63) is 75.6 Å². The summed E-state index contributed by atoms with van der Waals surface area (Å²) in [6.07, 6.45) is 2.97. The molecule has 0 saturated carbocycles. The van der Waals surface area contributed by atoms with Gasteiger partial charge in [0.2, 0.25) is 0 Å². The second-order valence-electron chi connectivity index (χ2n) is 4.80. The highest BCUT2D eigenvalue weighted by Gasteiger charge is 2.18. The molecule has 0 amide bonds. The lowest BCUT2D eigenvalue weighted by Crippen LogP contribution is -2.14. The van der Waals surface area contributed by atoms with Crippen LogP contribution in [0.1, 0.15) is 35.1 Å². The first-order valence-electron chi connectivity index (χ1n) is 5.97. The molecule has 0 aliphatic heterocycles. The first-order valence-corrected chi connectivity index (χ1v) is 7.04. The van der Waals surface area contributed by atoms with Crippen LogP contribution in [0, 0.1) is 34.6 Å². The Hall–Kier alpha value is -0.310. The lowest BCUT2D eigenvalue weighted by molar-refractivity contribution is 0.819. The SMILES string of the molecule is [CH2]CCCc1c([CH2])cc(C([CH2])([CH2])[CH2])cc1C(=C)I. The lowest BCUT2D eigenvalue weighted by atomic mass is 9.83. The molecule has 0 nitrogen and oxygen atoms in total. The first kappa shape index (κ1) is 15.7. The highest BCUT2D eigenvalue weighted by molar-refractivity contribution is 14.1. The van der Waals surface area contributed by atoms with Gasteiger partial charge in [-0.3, -0.25) is 0 Å². The fourth-order valence-electron chi connectivity index (χ4n) is 1.88. The average molecular weight is 351 g/mol. The Kier molecular flexibility index (Phi) is 5.45. The van der Waals surface area contributed by atoms with Crippen LogP contribution in [0.3, 0.4) is 0 Å². The molecule has 0 bridgehead atoms. The van der Waals surface area contributed by atoms with Gasteiger partial charge in [-0.1, -0.05) is 26.0 Å². The Labute approximate surface area is 126 Å². The van der Waals surface area contributed by atoms with Gasteiger partial charge in [-0.2, -0.15) is 0 Å². The van der Waals surface area contributed by atoms with E-state index in [0.717, 1.165) is 39.5 Å². The van der Waals surface area contributed by atoms with E-state index in [1.165, 1.54) is 5.56 Å². The molecule has 0 atom stereocenters. The van der Waals surface area contributed by atoms with Gasteiger partial charge in [0.05, 0.1) is 0 Å². The summed E-state index contributed by atoms with van der Waals surface area (Å²) < 4.78 is 1.02. The van der Waals surface area contributed by atoms with E-state index < -0.39 is 5.41 Å². The minimum Gasteiger partial charge on any atom is -0.0850 e. The summed E-state index contributed by atoms with van der Waals surface area (Å²) in [5, 5.41) is 0. The van der Waals surface area contributed by atoms with Crippen molar-refractivity contribution in [3.63, 3.8) is 0 Å². The largest absolute Gasteiger partial charge is 0.0850 e. The molecule has 0 aromatic heterocycles. The third-order valence-electron chi connectivity index (χ3n) is 2.92. The summed E-state index contributed by atoms with van der Waals surface area (Å²) in [6, 6.07) is 4.13. The van der Waals surface area contributed by atoms with Crippen molar-refractivity contribution < 1.29 is 0 Å². The summed E-state index contributed by atoms with van der Waals surface area (Å²) in [5.41, 5.74) is 3.82. The van der Waals surface area contributed by atoms with Gasteiger partial charge >= 0.3 is 0 Å². The lowest BCUT2D eigenvalue weighted by Gasteiger charge is -2.22. The Morgan fingerprint density at radius 1 is 1.22 bits per heavy atom. The van der Waals surface area contributed by atoms with Crippen molar-refractivity contribution in [1.82, 2.24) is 0 Å². The van der Waals surface area contributed by atoms with E-state index in [4.69, 9.17) is 0 Å². The highest BCUT2D eigenvalue weighted by atomic mass is 127. The monoisotopic (exact) mass is 351 g/mol. The van der Waals surface area contributed by atoms with Gasteiger partial charge in [0.1, 0.15) is 0 Å². The zero-order valence-corrected chi connectivity index (χ0v) is 13.1. The predicted octanol–water partition coefficient (Wildman–Crippen LogP) is 5.17. The number of hydrogen-bond acceptors (Lipinski definition) is 0. The fraction of sp³-hybridized carbons (Fsp3) is 0.235. The van der Waals surface area contributed by atoms with Gasteiger partial charge in [-0.25, -0.2) is 0 Å². The van der Waals surface area contributed by atoms with E-state index in [1.807, 2.05) is 6.07 Å². The summed E-state index contributed by atoms with van der Waals surface area (Å²) >= 11 is 2.25. The molecule has 0 saturated heterocycles. The Balaban J connectivity index is 3.31. The molecule has 1 aromatic carbocycles. The topological polar surface area (TPSA) is 0 Å². The van der Waals surface area contributed by atoms with Crippen LogP contribution in [-0.2, 0) is 11.8 Å². The Morgan fingerprint density at radius 2 is 1.83 bits per heavy atom. The van der Waals surface area contributed by atoms with Crippen molar-refractivity contribution in [2.45, 2.75) is 24.7 Å². The Morgan fingerprint density at radius 3 is 2.28 bits per heavy atom. The number of halogens is 1. The van der Waals surface area contributed by atoms with Crippen molar-refractivity contribution >= 4 is 26.2 Å². The molecule has 0 spiro atoms. The van der Waals surface area contributed by atoms with Gasteiger partial charge in [0.15, 0.2) is 0 Å². The summed E-state index contributed by atoms with van der Waals surface area (Å²) in [6.45, 7) is 24.0. The standard InChI is InChI=1S/C17H20I/c1-7-8-9-15-12(2)10-14(17(4,5)6)11-16(15)13(3)18/h10-11H,1-9H2. The second kappa shape index (κ2) is 6.23. The van der Waals surface area contributed by atoms with E-state index in [1.54, 1.807) is 0 Å². The van der Waals surface area contributed by atoms with Crippen molar-refractivity contribution in [1.29, 1.82) is 0 Å². The molecule has 1 rings (SSSR count). The summed E-state index contributed by atoms with van der Waals surface area (Å²) in [5.74, 6) is 0. The number of rotatable bonds is 5. The maximum atomic E-state index is 4.14. The second-order valence-corrected chi connectivity index (χ2v) is 6.11. The van der Waals surface area contributed by atoms with Crippen LogP contribution in [0.15, 0.2) is 18.7 Å². The van der Waals surface area contributed by atoms with E-state index in [2.05, 4.69) is 69.9 Å².